The summed E-state index contributed by atoms with van der Waals surface area (Å²) in [6.45, 7) is 4.41. The first-order valence-electron chi connectivity index (χ1n) is 7.87. The smallest absolute Gasteiger partial charge is 0.223 e. The van der Waals surface area contributed by atoms with Crippen molar-refractivity contribution in [3.8, 4) is 0 Å². The fraction of sp³-hybridized carbons (Fsp3) is 0.562. The molecule has 1 heterocycles. The molecule has 0 aliphatic carbocycles. The largest absolute Gasteiger partial charge is 0.349 e. The van der Waals surface area contributed by atoms with Crippen molar-refractivity contribution in [3.05, 3.63) is 34.9 Å². The van der Waals surface area contributed by atoms with Crippen LogP contribution in [-0.2, 0) is 14.8 Å². The van der Waals surface area contributed by atoms with E-state index in [0.717, 1.165) is 5.56 Å². The normalized spacial score (nSPS) is 18.6. The lowest BCUT2D eigenvalue weighted by Gasteiger charge is -2.31. The number of hydrogen-bond acceptors (Lipinski definition) is 3. The molecular weight excluding hydrogens is 336 g/mol. The molecule has 0 aromatic heterocycles. The number of halogens is 1. The number of carbonyl (C=O) groups is 1. The summed E-state index contributed by atoms with van der Waals surface area (Å²) < 4.78 is 25.2. The van der Waals surface area contributed by atoms with Crippen LogP contribution < -0.4 is 5.32 Å². The van der Waals surface area contributed by atoms with Crippen LogP contribution in [0.3, 0.4) is 0 Å². The molecule has 0 saturated carbocycles. The van der Waals surface area contributed by atoms with Crippen molar-refractivity contribution in [3.63, 3.8) is 0 Å². The van der Waals surface area contributed by atoms with Gasteiger partial charge >= 0.3 is 0 Å². The van der Waals surface area contributed by atoms with Crippen LogP contribution in [0.1, 0.15) is 38.3 Å². The molecule has 1 aliphatic heterocycles. The Morgan fingerprint density at radius 3 is 2.39 bits per heavy atom. The molecule has 0 bridgehead atoms. The average molecular weight is 359 g/mol. The fourth-order valence-electron chi connectivity index (χ4n) is 2.74. The molecule has 1 aliphatic rings. The third-order valence-electron chi connectivity index (χ3n) is 4.31. The second-order valence-electron chi connectivity index (χ2n) is 5.86. The number of rotatable bonds is 5. The van der Waals surface area contributed by atoms with Crippen LogP contribution in [0.15, 0.2) is 24.3 Å². The molecule has 1 saturated heterocycles. The molecule has 0 unspecified atom stereocenters. The monoisotopic (exact) mass is 358 g/mol. The van der Waals surface area contributed by atoms with Crippen LogP contribution in [0.2, 0.25) is 5.02 Å². The van der Waals surface area contributed by atoms with Crippen molar-refractivity contribution in [1.29, 1.82) is 0 Å². The number of nitrogens with zero attached hydrogens (tertiary/aromatic N) is 1. The van der Waals surface area contributed by atoms with E-state index in [4.69, 9.17) is 11.6 Å². The van der Waals surface area contributed by atoms with E-state index in [-0.39, 0.29) is 23.6 Å². The zero-order valence-corrected chi connectivity index (χ0v) is 15.0. The molecule has 1 aromatic rings. The van der Waals surface area contributed by atoms with Gasteiger partial charge in [-0.2, -0.15) is 0 Å². The van der Waals surface area contributed by atoms with E-state index < -0.39 is 10.0 Å². The van der Waals surface area contributed by atoms with Gasteiger partial charge in [-0.1, -0.05) is 23.7 Å². The highest BCUT2D eigenvalue weighted by molar-refractivity contribution is 7.89. The SMILES string of the molecule is CCS(=O)(=O)N1CCC(C(=O)N[C@@H](C)c2ccc(Cl)cc2)CC1. The lowest BCUT2D eigenvalue weighted by atomic mass is 9.96. The second-order valence-corrected chi connectivity index (χ2v) is 8.55. The van der Waals surface area contributed by atoms with Crippen LogP contribution in [0, 0.1) is 5.92 Å². The van der Waals surface area contributed by atoms with E-state index in [1.165, 1.54) is 4.31 Å². The van der Waals surface area contributed by atoms with Gasteiger partial charge in [0.2, 0.25) is 15.9 Å². The number of sulfonamides is 1. The average Bonchev–Trinajstić information content (AvgIpc) is 2.55. The van der Waals surface area contributed by atoms with Gasteiger partial charge < -0.3 is 5.32 Å². The number of nitrogens with one attached hydrogen (secondary N) is 1. The van der Waals surface area contributed by atoms with Gasteiger partial charge in [-0.3, -0.25) is 4.79 Å². The van der Waals surface area contributed by atoms with Gasteiger partial charge in [0, 0.05) is 24.0 Å². The minimum Gasteiger partial charge on any atom is -0.349 e. The summed E-state index contributed by atoms with van der Waals surface area (Å²) in [6, 6.07) is 7.28. The zero-order chi connectivity index (χ0) is 17.0. The summed E-state index contributed by atoms with van der Waals surface area (Å²) in [5.41, 5.74) is 0.994. The number of benzene rings is 1. The van der Waals surface area contributed by atoms with Gasteiger partial charge in [-0.25, -0.2) is 12.7 Å². The van der Waals surface area contributed by atoms with Crippen LogP contribution >= 0.6 is 11.6 Å². The van der Waals surface area contributed by atoms with Gasteiger partial charge in [0.05, 0.1) is 11.8 Å². The van der Waals surface area contributed by atoms with E-state index in [0.29, 0.717) is 31.0 Å². The molecule has 23 heavy (non-hydrogen) atoms. The summed E-state index contributed by atoms with van der Waals surface area (Å²) in [7, 11) is -3.15. The molecule has 1 aromatic carbocycles. The maximum absolute atomic E-state index is 12.4. The highest BCUT2D eigenvalue weighted by atomic mass is 35.5. The molecule has 1 atom stereocenters. The first-order valence-corrected chi connectivity index (χ1v) is 9.86. The Hall–Kier alpha value is -1.11. The van der Waals surface area contributed by atoms with E-state index >= 15 is 0 Å². The first kappa shape index (κ1) is 18.2. The van der Waals surface area contributed by atoms with E-state index in [9.17, 15) is 13.2 Å². The van der Waals surface area contributed by atoms with Crippen molar-refractivity contribution < 1.29 is 13.2 Å². The lowest BCUT2D eigenvalue weighted by molar-refractivity contribution is -0.126. The van der Waals surface area contributed by atoms with Crippen molar-refractivity contribution >= 4 is 27.5 Å². The summed E-state index contributed by atoms with van der Waals surface area (Å²) in [5.74, 6) is -0.0358. The third kappa shape index (κ3) is 4.68. The molecule has 2 rings (SSSR count). The molecule has 0 radical (unpaired) electrons. The molecule has 7 heteroatoms. The lowest BCUT2D eigenvalue weighted by Crippen LogP contribution is -2.43. The maximum atomic E-state index is 12.4. The molecule has 128 valence electrons. The van der Waals surface area contributed by atoms with E-state index in [1.807, 2.05) is 19.1 Å². The van der Waals surface area contributed by atoms with Crippen molar-refractivity contribution in [1.82, 2.24) is 9.62 Å². The number of piperidine rings is 1. The maximum Gasteiger partial charge on any atom is 0.223 e. The van der Waals surface area contributed by atoms with Crippen LogP contribution in [-0.4, -0.2) is 37.5 Å². The zero-order valence-electron chi connectivity index (χ0n) is 13.5. The molecular formula is C16H23ClN2O3S. The van der Waals surface area contributed by atoms with Gasteiger partial charge in [0.15, 0.2) is 0 Å². The second kappa shape index (κ2) is 7.64. The topological polar surface area (TPSA) is 66.5 Å². The minimum absolute atomic E-state index is 0.0130. The Balaban J connectivity index is 1.89. The number of carbonyl (C=O) groups excluding carboxylic acids is 1. The molecule has 1 amide bonds. The predicted molar refractivity (Wildman–Crippen MR) is 91.8 cm³/mol. The van der Waals surface area contributed by atoms with E-state index in [1.54, 1.807) is 19.1 Å². The Morgan fingerprint density at radius 1 is 1.30 bits per heavy atom. The van der Waals surface area contributed by atoms with Crippen molar-refractivity contribution in [2.75, 3.05) is 18.8 Å². The highest BCUT2D eigenvalue weighted by Gasteiger charge is 2.30. The van der Waals surface area contributed by atoms with Crippen LogP contribution in [0.25, 0.3) is 0 Å². The standard InChI is InChI=1S/C16H23ClN2O3S/c1-3-23(21,22)19-10-8-14(9-11-19)16(20)18-12(2)13-4-6-15(17)7-5-13/h4-7,12,14H,3,8-11H2,1-2H3,(H,18,20)/t12-/m0/s1. The summed E-state index contributed by atoms with van der Waals surface area (Å²) >= 11 is 5.87. The quantitative estimate of drug-likeness (QED) is 0.879. The summed E-state index contributed by atoms with van der Waals surface area (Å²) in [6.07, 6.45) is 1.14. The van der Waals surface area contributed by atoms with Gasteiger partial charge in [-0.15, -0.1) is 0 Å². The van der Waals surface area contributed by atoms with E-state index in [2.05, 4.69) is 5.32 Å². The van der Waals surface area contributed by atoms with Gasteiger partial charge in [0.25, 0.3) is 0 Å². The van der Waals surface area contributed by atoms with Crippen LogP contribution in [0.4, 0.5) is 0 Å². The predicted octanol–water partition coefficient (Wildman–Crippen LogP) is 2.58. The van der Waals surface area contributed by atoms with Gasteiger partial charge in [0.1, 0.15) is 0 Å². The minimum atomic E-state index is -3.15. The van der Waals surface area contributed by atoms with Crippen molar-refractivity contribution in [2.45, 2.75) is 32.7 Å². The van der Waals surface area contributed by atoms with Crippen molar-refractivity contribution in [2.24, 2.45) is 5.92 Å². The Morgan fingerprint density at radius 2 is 1.87 bits per heavy atom. The summed E-state index contributed by atoms with van der Waals surface area (Å²) in [5, 5.41) is 3.67. The Labute approximate surface area is 143 Å². The Kier molecular flexibility index (Phi) is 6.06. The molecule has 5 nitrogen and oxygen atoms in total. The molecule has 0 spiro atoms. The summed E-state index contributed by atoms with van der Waals surface area (Å²) in [4.78, 5) is 12.4. The highest BCUT2D eigenvalue weighted by Crippen LogP contribution is 2.22. The fourth-order valence-corrected chi connectivity index (χ4v) is 4.00. The first-order chi connectivity index (χ1) is 10.8. The number of amides is 1. The third-order valence-corrected chi connectivity index (χ3v) is 6.45. The Bertz CT molecular complexity index is 638. The van der Waals surface area contributed by atoms with Gasteiger partial charge in [-0.05, 0) is 44.4 Å². The molecule has 1 N–H and O–H groups in total. The molecule has 1 fully saturated rings. The van der Waals surface area contributed by atoms with Crippen LogP contribution in [0.5, 0.6) is 0 Å². The number of hydrogen-bond donors (Lipinski definition) is 1.